The van der Waals surface area contributed by atoms with Gasteiger partial charge in [-0.15, -0.1) is 0 Å². The van der Waals surface area contributed by atoms with E-state index in [1.54, 1.807) is 18.7 Å². The van der Waals surface area contributed by atoms with Crippen molar-refractivity contribution in [2.24, 2.45) is 0 Å². The van der Waals surface area contributed by atoms with Crippen molar-refractivity contribution in [3.8, 4) is 11.1 Å². The highest BCUT2D eigenvalue weighted by atomic mass is 16.3. The number of hydrogen-bond donors (Lipinski definition) is 0. The zero-order valence-corrected chi connectivity index (χ0v) is 10.9. The van der Waals surface area contributed by atoms with E-state index in [0.717, 1.165) is 30.5 Å². The first kappa shape index (κ1) is 12.0. The molecule has 1 unspecified atom stereocenters. The van der Waals surface area contributed by atoms with Crippen molar-refractivity contribution in [1.29, 1.82) is 0 Å². The van der Waals surface area contributed by atoms with Crippen LogP contribution in [0.5, 0.6) is 0 Å². The predicted molar refractivity (Wildman–Crippen MR) is 71.7 cm³/mol. The van der Waals surface area contributed by atoms with Gasteiger partial charge in [-0.3, -0.25) is 9.78 Å². The third kappa shape index (κ3) is 2.14. The molecule has 1 aliphatic heterocycles. The highest BCUT2D eigenvalue weighted by Gasteiger charge is 2.28. The Bertz CT molecular complexity index is 578. The van der Waals surface area contributed by atoms with Crippen molar-refractivity contribution < 1.29 is 9.21 Å². The fraction of sp³-hybridized carbons (Fsp3) is 0.333. The molecule has 4 nitrogen and oxygen atoms in total. The number of rotatable bonds is 2. The Morgan fingerprint density at radius 1 is 1.47 bits per heavy atom. The summed E-state index contributed by atoms with van der Waals surface area (Å²) in [6.45, 7) is 2.91. The van der Waals surface area contributed by atoms with Crippen molar-refractivity contribution in [3.63, 3.8) is 0 Å². The highest BCUT2D eigenvalue weighted by molar-refractivity contribution is 5.99. The van der Waals surface area contributed by atoms with Crippen molar-refractivity contribution in [2.75, 3.05) is 6.54 Å². The summed E-state index contributed by atoms with van der Waals surface area (Å²) in [6.07, 6.45) is 7.05. The molecule has 0 bridgehead atoms. The van der Waals surface area contributed by atoms with Gasteiger partial charge in [0.05, 0.1) is 12.5 Å². The van der Waals surface area contributed by atoms with Crippen LogP contribution >= 0.6 is 0 Å². The summed E-state index contributed by atoms with van der Waals surface area (Å²) in [7, 11) is 0. The lowest BCUT2D eigenvalue weighted by Gasteiger charge is -2.21. The molecule has 4 heteroatoms. The number of aromatic nitrogens is 1. The van der Waals surface area contributed by atoms with Gasteiger partial charge in [0, 0.05) is 29.9 Å². The highest BCUT2D eigenvalue weighted by Crippen LogP contribution is 2.26. The van der Waals surface area contributed by atoms with E-state index in [1.807, 2.05) is 23.1 Å². The minimum Gasteiger partial charge on any atom is -0.472 e. The number of amides is 1. The predicted octanol–water partition coefficient (Wildman–Crippen LogP) is 2.97. The summed E-state index contributed by atoms with van der Waals surface area (Å²) in [5.74, 6) is 0.0156. The molecule has 0 radical (unpaired) electrons. The Morgan fingerprint density at radius 3 is 3.05 bits per heavy atom. The van der Waals surface area contributed by atoms with Crippen LogP contribution in [0.25, 0.3) is 11.1 Å². The zero-order valence-electron chi connectivity index (χ0n) is 10.9. The molecule has 0 saturated carbocycles. The lowest BCUT2D eigenvalue weighted by atomic mass is 10.1. The Hall–Kier alpha value is -2.10. The molecule has 1 aliphatic rings. The van der Waals surface area contributed by atoms with E-state index < -0.39 is 0 Å². The van der Waals surface area contributed by atoms with Gasteiger partial charge in [-0.2, -0.15) is 0 Å². The van der Waals surface area contributed by atoms with E-state index >= 15 is 0 Å². The molecule has 0 N–H and O–H groups in total. The average Bonchev–Trinajstić information content (AvgIpc) is 3.09. The summed E-state index contributed by atoms with van der Waals surface area (Å²) >= 11 is 0. The molecule has 0 spiro atoms. The number of carbonyl (C=O) groups is 1. The van der Waals surface area contributed by atoms with Gasteiger partial charge in [0.1, 0.15) is 5.69 Å². The van der Waals surface area contributed by atoms with E-state index in [0.29, 0.717) is 11.7 Å². The first-order chi connectivity index (χ1) is 9.27. The molecule has 1 atom stereocenters. The molecule has 3 rings (SSSR count). The third-order valence-electron chi connectivity index (χ3n) is 3.66. The maximum absolute atomic E-state index is 12.6. The molecule has 1 amide bonds. The molecule has 2 aromatic heterocycles. The maximum Gasteiger partial charge on any atom is 0.273 e. The fourth-order valence-electron chi connectivity index (χ4n) is 2.60. The van der Waals surface area contributed by atoms with Crippen LogP contribution in [0.3, 0.4) is 0 Å². The van der Waals surface area contributed by atoms with Gasteiger partial charge in [0.15, 0.2) is 0 Å². The molecule has 3 heterocycles. The number of furan rings is 1. The van der Waals surface area contributed by atoms with Gasteiger partial charge in [0.2, 0.25) is 0 Å². The summed E-state index contributed by atoms with van der Waals surface area (Å²) < 4.78 is 5.10. The van der Waals surface area contributed by atoms with Crippen molar-refractivity contribution >= 4 is 5.91 Å². The number of hydrogen-bond acceptors (Lipinski definition) is 3. The second kappa shape index (κ2) is 4.88. The molecule has 0 aliphatic carbocycles. The molecule has 19 heavy (non-hydrogen) atoms. The summed E-state index contributed by atoms with van der Waals surface area (Å²) in [5.41, 5.74) is 2.24. The minimum absolute atomic E-state index is 0.0156. The molecule has 0 aromatic carbocycles. The van der Waals surface area contributed by atoms with Gasteiger partial charge >= 0.3 is 0 Å². The second-order valence-corrected chi connectivity index (χ2v) is 4.90. The van der Waals surface area contributed by atoms with Crippen LogP contribution in [-0.4, -0.2) is 28.4 Å². The Labute approximate surface area is 112 Å². The third-order valence-corrected chi connectivity index (χ3v) is 3.66. The Morgan fingerprint density at radius 2 is 2.37 bits per heavy atom. The van der Waals surface area contributed by atoms with Crippen LogP contribution < -0.4 is 0 Å². The lowest BCUT2D eigenvalue weighted by Crippen LogP contribution is -2.34. The molecule has 98 valence electrons. The summed E-state index contributed by atoms with van der Waals surface area (Å²) in [6, 6.07) is 5.89. The summed E-state index contributed by atoms with van der Waals surface area (Å²) in [5, 5.41) is 0. The van der Waals surface area contributed by atoms with E-state index in [4.69, 9.17) is 4.42 Å². The largest absolute Gasteiger partial charge is 0.472 e. The quantitative estimate of drug-likeness (QED) is 0.829. The Kier molecular flexibility index (Phi) is 3.07. The number of nitrogens with zero attached hydrogens (tertiary/aromatic N) is 2. The van der Waals surface area contributed by atoms with Crippen molar-refractivity contribution in [1.82, 2.24) is 9.88 Å². The normalized spacial score (nSPS) is 18.8. The van der Waals surface area contributed by atoms with E-state index in [9.17, 15) is 4.79 Å². The van der Waals surface area contributed by atoms with Crippen LogP contribution in [0.15, 0.2) is 41.3 Å². The topological polar surface area (TPSA) is 46.3 Å². The lowest BCUT2D eigenvalue weighted by molar-refractivity contribution is 0.0742. The zero-order chi connectivity index (χ0) is 13.2. The smallest absolute Gasteiger partial charge is 0.273 e. The maximum atomic E-state index is 12.6. The van der Waals surface area contributed by atoms with Crippen molar-refractivity contribution in [3.05, 3.63) is 42.6 Å². The molecular weight excluding hydrogens is 240 g/mol. The Balaban J connectivity index is 1.99. The van der Waals surface area contributed by atoms with E-state index in [-0.39, 0.29) is 5.91 Å². The standard InChI is InChI=1S/C15H16N2O2/c1-11-4-3-8-17(11)15(18)14-13(5-2-7-16-14)12-6-9-19-10-12/h2,5-7,9-11H,3-4,8H2,1H3. The SMILES string of the molecule is CC1CCCN1C(=O)c1ncccc1-c1ccoc1. The molecule has 1 fully saturated rings. The molecule has 1 saturated heterocycles. The van der Waals surface area contributed by atoms with Crippen LogP contribution in [0.1, 0.15) is 30.3 Å². The molecule has 2 aromatic rings. The van der Waals surface area contributed by atoms with Gasteiger partial charge in [-0.1, -0.05) is 6.07 Å². The number of pyridine rings is 1. The number of carbonyl (C=O) groups excluding carboxylic acids is 1. The van der Waals surface area contributed by atoms with E-state index in [2.05, 4.69) is 11.9 Å². The number of likely N-dealkylation sites (tertiary alicyclic amines) is 1. The van der Waals surface area contributed by atoms with Gasteiger partial charge in [0.25, 0.3) is 5.91 Å². The van der Waals surface area contributed by atoms with Gasteiger partial charge in [-0.05, 0) is 31.9 Å². The van der Waals surface area contributed by atoms with Crippen LogP contribution in [-0.2, 0) is 0 Å². The fourth-order valence-corrected chi connectivity index (χ4v) is 2.60. The summed E-state index contributed by atoms with van der Waals surface area (Å²) in [4.78, 5) is 18.8. The van der Waals surface area contributed by atoms with Crippen LogP contribution in [0.2, 0.25) is 0 Å². The van der Waals surface area contributed by atoms with Crippen molar-refractivity contribution in [2.45, 2.75) is 25.8 Å². The van der Waals surface area contributed by atoms with Gasteiger partial charge < -0.3 is 9.32 Å². The van der Waals surface area contributed by atoms with Crippen LogP contribution in [0, 0.1) is 0 Å². The second-order valence-electron chi connectivity index (χ2n) is 4.90. The minimum atomic E-state index is 0.0156. The van der Waals surface area contributed by atoms with Gasteiger partial charge in [-0.25, -0.2) is 0 Å². The average molecular weight is 256 g/mol. The first-order valence-corrected chi connectivity index (χ1v) is 6.56. The first-order valence-electron chi connectivity index (χ1n) is 6.56. The monoisotopic (exact) mass is 256 g/mol. The molecular formula is C15H16N2O2. The van der Waals surface area contributed by atoms with Crippen LogP contribution in [0.4, 0.5) is 0 Å². The van der Waals surface area contributed by atoms with E-state index in [1.165, 1.54) is 0 Å².